The zero-order chi connectivity index (χ0) is 23.0. The maximum atomic E-state index is 12.6. The van der Waals surface area contributed by atoms with Crippen molar-refractivity contribution in [3.05, 3.63) is 40.7 Å². The Kier molecular flexibility index (Phi) is 6.31. The fraction of sp³-hybridized carbons (Fsp3) is 0.565. The predicted molar refractivity (Wildman–Crippen MR) is 127 cm³/mol. The lowest BCUT2D eigenvalue weighted by atomic mass is 10.1. The first-order valence-electron chi connectivity index (χ1n) is 11.2. The Morgan fingerprint density at radius 3 is 2.50 bits per heavy atom. The molecule has 2 aromatic rings. The number of hydrogen-bond acceptors (Lipinski definition) is 6. The number of benzene rings is 1. The normalized spacial score (nSPS) is 21.1. The van der Waals surface area contributed by atoms with Crippen LogP contribution in [0.4, 0.5) is 11.4 Å². The molecule has 0 saturated carbocycles. The second kappa shape index (κ2) is 8.86. The van der Waals surface area contributed by atoms with E-state index in [0.29, 0.717) is 13.0 Å². The highest BCUT2D eigenvalue weighted by atomic mass is 32.2. The van der Waals surface area contributed by atoms with Crippen molar-refractivity contribution < 1.29 is 13.2 Å². The summed E-state index contributed by atoms with van der Waals surface area (Å²) >= 11 is 0. The fourth-order valence-electron chi connectivity index (χ4n) is 4.83. The molecule has 2 saturated heterocycles. The summed E-state index contributed by atoms with van der Waals surface area (Å²) in [6.45, 7) is 11.6. The zero-order valence-electron chi connectivity index (χ0n) is 19.4. The van der Waals surface area contributed by atoms with Gasteiger partial charge in [-0.1, -0.05) is 12.1 Å². The minimum Gasteiger partial charge on any atom is -0.366 e. The number of rotatable bonds is 5. The first-order valence-corrected chi connectivity index (χ1v) is 13.1. The van der Waals surface area contributed by atoms with Gasteiger partial charge >= 0.3 is 0 Å². The van der Waals surface area contributed by atoms with Gasteiger partial charge in [0.2, 0.25) is 5.91 Å². The molecule has 0 aliphatic carbocycles. The number of hydrogen-bond donors (Lipinski definition) is 1. The van der Waals surface area contributed by atoms with Crippen molar-refractivity contribution in [1.82, 2.24) is 14.7 Å². The van der Waals surface area contributed by atoms with Crippen LogP contribution in [0.15, 0.2) is 18.2 Å². The molecule has 1 N–H and O–H groups in total. The summed E-state index contributed by atoms with van der Waals surface area (Å²) in [5, 5.41) is 7.74. The summed E-state index contributed by atoms with van der Waals surface area (Å²) in [4.78, 5) is 17.1. The van der Waals surface area contributed by atoms with Crippen molar-refractivity contribution in [3.63, 3.8) is 0 Å². The first-order chi connectivity index (χ1) is 15.1. The van der Waals surface area contributed by atoms with Gasteiger partial charge in [-0.25, -0.2) is 8.42 Å². The number of aryl methyl sites for hydroxylation is 3. The van der Waals surface area contributed by atoms with Crippen LogP contribution < -0.4 is 10.2 Å². The summed E-state index contributed by atoms with van der Waals surface area (Å²) < 4.78 is 25.7. The van der Waals surface area contributed by atoms with Crippen molar-refractivity contribution in [2.75, 3.05) is 54.4 Å². The van der Waals surface area contributed by atoms with Crippen molar-refractivity contribution in [1.29, 1.82) is 0 Å². The van der Waals surface area contributed by atoms with E-state index in [4.69, 9.17) is 5.10 Å². The molecule has 174 valence electrons. The molecule has 1 aromatic heterocycles. The Balaban J connectivity index is 1.36. The molecule has 32 heavy (non-hydrogen) atoms. The average molecular weight is 460 g/mol. The number of carbonyl (C=O) groups is 1. The molecule has 4 rings (SSSR count). The Morgan fingerprint density at radius 2 is 1.84 bits per heavy atom. The highest BCUT2D eigenvalue weighted by Crippen LogP contribution is 2.31. The minimum atomic E-state index is -2.95. The standard InChI is InChI=1S/C23H33N5O3S/c1-16-5-6-17(2)21(13-16)24-22(29)14-26-8-10-27(11-9-26)23-18(3)25-28(19(23)4)20-7-12-32(30,31)15-20/h5-6,13,20H,7-12,14-15H2,1-4H3,(H,24,29). The number of sulfone groups is 1. The van der Waals surface area contributed by atoms with Gasteiger partial charge in [-0.05, 0) is 51.3 Å². The molecule has 3 heterocycles. The van der Waals surface area contributed by atoms with E-state index >= 15 is 0 Å². The summed E-state index contributed by atoms with van der Waals surface area (Å²) in [7, 11) is -2.95. The van der Waals surface area contributed by atoms with Crippen LogP contribution >= 0.6 is 0 Å². The van der Waals surface area contributed by atoms with Gasteiger partial charge in [0.25, 0.3) is 0 Å². The van der Waals surface area contributed by atoms with Crippen LogP contribution in [0.2, 0.25) is 0 Å². The second-order valence-electron chi connectivity index (χ2n) is 9.15. The highest BCUT2D eigenvalue weighted by molar-refractivity contribution is 7.91. The third kappa shape index (κ3) is 4.83. The van der Waals surface area contributed by atoms with E-state index in [1.54, 1.807) is 0 Å². The molecule has 0 spiro atoms. The van der Waals surface area contributed by atoms with E-state index < -0.39 is 9.84 Å². The molecular formula is C23H33N5O3S. The van der Waals surface area contributed by atoms with E-state index in [1.165, 1.54) is 0 Å². The number of amides is 1. The minimum absolute atomic E-state index is 0.00905. The van der Waals surface area contributed by atoms with Crippen molar-refractivity contribution in [2.45, 2.75) is 40.2 Å². The maximum absolute atomic E-state index is 12.6. The van der Waals surface area contributed by atoms with E-state index in [-0.39, 0.29) is 23.5 Å². The fourth-order valence-corrected chi connectivity index (χ4v) is 6.52. The lowest BCUT2D eigenvalue weighted by molar-refractivity contribution is -0.117. The summed E-state index contributed by atoms with van der Waals surface area (Å²) in [5.41, 5.74) is 6.14. The van der Waals surface area contributed by atoms with Crippen LogP contribution in [0.1, 0.15) is 35.0 Å². The van der Waals surface area contributed by atoms with Gasteiger partial charge in [-0.15, -0.1) is 0 Å². The molecule has 2 aliphatic rings. The molecule has 1 unspecified atom stereocenters. The largest absolute Gasteiger partial charge is 0.366 e. The smallest absolute Gasteiger partial charge is 0.238 e. The van der Waals surface area contributed by atoms with Gasteiger partial charge in [-0.2, -0.15) is 5.10 Å². The quantitative estimate of drug-likeness (QED) is 0.738. The molecule has 2 fully saturated rings. The third-order valence-electron chi connectivity index (χ3n) is 6.56. The van der Waals surface area contributed by atoms with Crippen LogP contribution in [-0.4, -0.2) is 73.2 Å². The molecular weight excluding hydrogens is 426 g/mol. The van der Waals surface area contributed by atoms with E-state index in [9.17, 15) is 13.2 Å². The van der Waals surface area contributed by atoms with Gasteiger partial charge in [-0.3, -0.25) is 14.4 Å². The van der Waals surface area contributed by atoms with Gasteiger partial charge in [0.15, 0.2) is 9.84 Å². The molecule has 0 bridgehead atoms. The summed E-state index contributed by atoms with van der Waals surface area (Å²) in [6, 6.07) is 6.00. The predicted octanol–water partition coefficient (Wildman–Crippen LogP) is 2.24. The average Bonchev–Trinajstić information content (AvgIpc) is 3.23. The van der Waals surface area contributed by atoms with Gasteiger partial charge in [0, 0.05) is 31.9 Å². The van der Waals surface area contributed by atoms with Crippen molar-refractivity contribution in [2.24, 2.45) is 0 Å². The molecule has 1 atom stereocenters. The number of piperazine rings is 1. The van der Waals surface area contributed by atoms with Crippen molar-refractivity contribution in [3.8, 4) is 0 Å². The maximum Gasteiger partial charge on any atom is 0.238 e. The summed E-state index contributed by atoms with van der Waals surface area (Å²) in [5.74, 6) is 0.432. The molecule has 0 radical (unpaired) electrons. The van der Waals surface area contributed by atoms with Crippen LogP contribution in [0.5, 0.6) is 0 Å². The van der Waals surface area contributed by atoms with Crippen LogP contribution in [0.3, 0.4) is 0 Å². The lowest BCUT2D eigenvalue weighted by Gasteiger charge is -2.36. The second-order valence-corrected chi connectivity index (χ2v) is 11.4. The molecule has 1 aromatic carbocycles. The Labute approximate surface area is 190 Å². The number of aromatic nitrogens is 2. The van der Waals surface area contributed by atoms with Crippen LogP contribution in [-0.2, 0) is 14.6 Å². The number of carbonyl (C=O) groups excluding carboxylic acids is 1. The molecule has 2 aliphatic heterocycles. The van der Waals surface area contributed by atoms with Crippen LogP contribution in [0, 0.1) is 27.7 Å². The van der Waals surface area contributed by atoms with E-state index in [1.807, 2.05) is 50.6 Å². The molecule has 1 amide bonds. The topological polar surface area (TPSA) is 87.5 Å². The zero-order valence-corrected chi connectivity index (χ0v) is 20.2. The van der Waals surface area contributed by atoms with E-state index in [2.05, 4.69) is 15.1 Å². The third-order valence-corrected chi connectivity index (χ3v) is 8.31. The number of anilines is 2. The Hall–Kier alpha value is -2.39. The molecule has 8 nitrogen and oxygen atoms in total. The van der Waals surface area contributed by atoms with Crippen LogP contribution in [0.25, 0.3) is 0 Å². The van der Waals surface area contributed by atoms with Gasteiger partial charge in [0.05, 0.1) is 41.2 Å². The van der Waals surface area contributed by atoms with Gasteiger partial charge < -0.3 is 10.2 Å². The first kappa shape index (κ1) is 22.8. The monoisotopic (exact) mass is 459 g/mol. The molecule has 9 heteroatoms. The van der Waals surface area contributed by atoms with E-state index in [0.717, 1.165) is 60.1 Å². The highest BCUT2D eigenvalue weighted by Gasteiger charge is 2.32. The number of nitrogens with zero attached hydrogens (tertiary/aromatic N) is 4. The SMILES string of the molecule is Cc1ccc(C)c(NC(=O)CN2CCN(c3c(C)nn(C4CCS(=O)(=O)C4)c3C)CC2)c1. The van der Waals surface area contributed by atoms with Crippen molar-refractivity contribution >= 4 is 27.1 Å². The lowest BCUT2D eigenvalue weighted by Crippen LogP contribution is -2.49. The number of nitrogens with one attached hydrogen (secondary N) is 1. The van der Waals surface area contributed by atoms with Gasteiger partial charge in [0.1, 0.15) is 0 Å². The Bertz CT molecular complexity index is 1120. The summed E-state index contributed by atoms with van der Waals surface area (Å²) in [6.07, 6.45) is 0.632. The Morgan fingerprint density at radius 1 is 1.12 bits per heavy atom.